The highest BCUT2D eigenvalue weighted by Crippen LogP contribution is 2.33. The van der Waals surface area contributed by atoms with Crippen molar-refractivity contribution in [2.45, 2.75) is 58.2 Å². The van der Waals surface area contributed by atoms with Crippen LogP contribution in [0.2, 0.25) is 0 Å². The lowest BCUT2D eigenvalue weighted by Gasteiger charge is -2.34. The summed E-state index contributed by atoms with van der Waals surface area (Å²) >= 11 is 0. The van der Waals surface area contributed by atoms with E-state index in [1.807, 2.05) is 0 Å². The van der Waals surface area contributed by atoms with Gasteiger partial charge in [0, 0.05) is 0 Å². The Kier molecular flexibility index (Phi) is 5.97. The molecule has 0 bridgehead atoms. The molecule has 24 heavy (non-hydrogen) atoms. The van der Waals surface area contributed by atoms with Crippen molar-refractivity contribution in [3.63, 3.8) is 0 Å². The van der Waals surface area contributed by atoms with E-state index in [9.17, 15) is 18.0 Å². The highest BCUT2D eigenvalue weighted by atomic mass is 19.4. The predicted molar refractivity (Wildman–Crippen MR) is 82.2 cm³/mol. The number of hydrogen-bond donors (Lipinski definition) is 0. The van der Waals surface area contributed by atoms with Gasteiger partial charge in [0.1, 0.15) is 17.9 Å². The molecular weight excluding hydrogens is 327 g/mol. The molecule has 5 nitrogen and oxygen atoms in total. The zero-order valence-electron chi connectivity index (χ0n) is 14.6. The van der Waals surface area contributed by atoms with Crippen LogP contribution in [0.3, 0.4) is 0 Å². The predicted octanol–water partition coefficient (Wildman–Crippen LogP) is 4.01. The lowest BCUT2D eigenvalue weighted by atomic mass is 10.2. The number of nitrogens with zero attached hydrogens (tertiary/aromatic N) is 1. The molecule has 8 heteroatoms. The molecule has 0 aromatic rings. The number of allylic oxidation sites excluding steroid dienone is 1. The van der Waals surface area contributed by atoms with E-state index in [-0.39, 0.29) is 13.2 Å². The van der Waals surface area contributed by atoms with Gasteiger partial charge in [0.05, 0.1) is 12.6 Å². The number of hydrogen-bond acceptors (Lipinski definition) is 4. The average Bonchev–Trinajstić information content (AvgIpc) is 2.66. The van der Waals surface area contributed by atoms with Crippen molar-refractivity contribution in [3.8, 4) is 0 Å². The Bertz CT molecular complexity index is 506. The summed E-state index contributed by atoms with van der Waals surface area (Å²) in [5.41, 5.74) is -1.88. The fourth-order valence-electron chi connectivity index (χ4n) is 2.17. The maximum atomic E-state index is 13.1. The Hall–Kier alpha value is -1.70. The monoisotopic (exact) mass is 351 g/mol. The Morgan fingerprint density at radius 3 is 2.42 bits per heavy atom. The summed E-state index contributed by atoms with van der Waals surface area (Å²) in [7, 11) is 0. The first-order chi connectivity index (χ1) is 10.8. The SMILES string of the molecule is C=CCO/C(=C/[C@@H]1COC(C)(C)N1C(=O)OC(C)(C)C)C(F)(F)F. The summed E-state index contributed by atoms with van der Waals surface area (Å²) in [4.78, 5) is 13.5. The molecule has 0 radical (unpaired) electrons. The Morgan fingerprint density at radius 2 is 1.96 bits per heavy atom. The largest absolute Gasteiger partial charge is 0.485 e. The summed E-state index contributed by atoms with van der Waals surface area (Å²) in [6.07, 6.45) is -3.39. The first kappa shape index (κ1) is 20.3. The van der Waals surface area contributed by atoms with E-state index in [1.165, 1.54) is 6.08 Å². The minimum absolute atomic E-state index is 0.0940. The molecular formula is C16H24F3NO4. The Balaban J connectivity index is 3.12. The van der Waals surface area contributed by atoms with E-state index in [1.54, 1.807) is 34.6 Å². The third-order valence-electron chi connectivity index (χ3n) is 3.09. The molecule has 0 aliphatic carbocycles. The second-order valence-corrected chi connectivity index (χ2v) is 6.80. The molecule has 1 saturated heterocycles. The zero-order chi connectivity index (χ0) is 18.8. The van der Waals surface area contributed by atoms with Gasteiger partial charge in [0.25, 0.3) is 0 Å². The van der Waals surface area contributed by atoms with Crippen LogP contribution in [0, 0.1) is 0 Å². The van der Waals surface area contributed by atoms with Crippen molar-refractivity contribution in [1.82, 2.24) is 4.90 Å². The molecule has 0 spiro atoms. The normalized spacial score (nSPS) is 21.6. The van der Waals surface area contributed by atoms with Gasteiger partial charge in [-0.05, 0) is 40.7 Å². The molecule has 0 unspecified atom stereocenters. The fraction of sp³-hybridized carbons (Fsp3) is 0.688. The average molecular weight is 351 g/mol. The molecule has 1 heterocycles. The van der Waals surface area contributed by atoms with Crippen LogP contribution in [-0.2, 0) is 14.2 Å². The van der Waals surface area contributed by atoms with Crippen LogP contribution in [0.1, 0.15) is 34.6 Å². The summed E-state index contributed by atoms with van der Waals surface area (Å²) in [5.74, 6) is -1.19. The molecule has 1 amide bonds. The molecule has 138 valence electrons. The number of amides is 1. The summed E-state index contributed by atoms with van der Waals surface area (Å²) in [6, 6.07) is -0.962. The molecule has 1 atom stereocenters. The lowest BCUT2D eigenvalue weighted by Crippen LogP contribution is -2.49. The van der Waals surface area contributed by atoms with Crippen LogP contribution in [0.25, 0.3) is 0 Å². The third-order valence-corrected chi connectivity index (χ3v) is 3.09. The summed E-state index contributed by atoms with van der Waals surface area (Å²) < 4.78 is 54.7. The van der Waals surface area contributed by atoms with Gasteiger partial charge in [0.15, 0.2) is 5.76 Å². The molecule has 0 aromatic heterocycles. The van der Waals surface area contributed by atoms with E-state index in [4.69, 9.17) is 14.2 Å². The molecule has 1 aliphatic rings. The molecule has 0 N–H and O–H groups in total. The maximum absolute atomic E-state index is 13.1. The van der Waals surface area contributed by atoms with Crippen LogP contribution in [0.5, 0.6) is 0 Å². The van der Waals surface area contributed by atoms with Crippen LogP contribution >= 0.6 is 0 Å². The van der Waals surface area contributed by atoms with Crippen LogP contribution in [-0.4, -0.2) is 47.8 Å². The number of carbonyl (C=O) groups excluding carboxylic acids is 1. The van der Waals surface area contributed by atoms with Crippen molar-refractivity contribution in [3.05, 3.63) is 24.5 Å². The number of ether oxygens (including phenoxy) is 3. The van der Waals surface area contributed by atoms with E-state index >= 15 is 0 Å². The minimum atomic E-state index is -4.69. The van der Waals surface area contributed by atoms with Gasteiger partial charge in [-0.25, -0.2) is 4.79 Å². The van der Waals surface area contributed by atoms with E-state index in [0.29, 0.717) is 0 Å². The second-order valence-electron chi connectivity index (χ2n) is 6.80. The standard InChI is InChI=1S/C16H24F3NO4/c1-7-8-22-12(16(17,18)19)9-11-10-23-15(5,6)20(11)13(21)24-14(2,3)4/h7,9,11H,1,8,10H2,2-6H3/b12-9+/t11-/m1/s1. The Labute approximate surface area is 140 Å². The molecule has 1 fully saturated rings. The third kappa shape index (κ3) is 5.43. The van der Waals surface area contributed by atoms with Gasteiger partial charge in [-0.3, -0.25) is 4.90 Å². The highest BCUT2D eigenvalue weighted by Gasteiger charge is 2.47. The van der Waals surface area contributed by atoms with Gasteiger partial charge < -0.3 is 14.2 Å². The topological polar surface area (TPSA) is 48.0 Å². The van der Waals surface area contributed by atoms with E-state index < -0.39 is 35.4 Å². The maximum Gasteiger partial charge on any atom is 0.448 e. The van der Waals surface area contributed by atoms with Gasteiger partial charge in [-0.1, -0.05) is 12.7 Å². The van der Waals surface area contributed by atoms with E-state index in [2.05, 4.69) is 6.58 Å². The van der Waals surface area contributed by atoms with Crippen LogP contribution in [0.4, 0.5) is 18.0 Å². The van der Waals surface area contributed by atoms with Crippen molar-refractivity contribution >= 4 is 6.09 Å². The molecule has 0 aromatic carbocycles. The molecule has 1 rings (SSSR count). The van der Waals surface area contributed by atoms with Gasteiger partial charge >= 0.3 is 12.3 Å². The minimum Gasteiger partial charge on any atom is -0.485 e. The van der Waals surface area contributed by atoms with Gasteiger partial charge in [-0.2, -0.15) is 13.2 Å². The fourth-order valence-corrected chi connectivity index (χ4v) is 2.17. The quantitative estimate of drug-likeness (QED) is 0.567. The molecule has 0 saturated carbocycles. The van der Waals surface area contributed by atoms with Crippen molar-refractivity contribution < 1.29 is 32.2 Å². The summed E-state index contributed by atoms with van der Waals surface area (Å²) in [5, 5.41) is 0. The smallest absolute Gasteiger partial charge is 0.448 e. The van der Waals surface area contributed by atoms with Crippen molar-refractivity contribution in [1.29, 1.82) is 0 Å². The lowest BCUT2D eigenvalue weighted by molar-refractivity contribution is -0.129. The van der Waals surface area contributed by atoms with Crippen LogP contribution in [0.15, 0.2) is 24.5 Å². The summed E-state index contributed by atoms with van der Waals surface area (Å²) in [6.45, 7) is 11.1. The Morgan fingerprint density at radius 1 is 1.38 bits per heavy atom. The first-order valence-electron chi connectivity index (χ1n) is 7.47. The molecule has 1 aliphatic heterocycles. The van der Waals surface area contributed by atoms with Gasteiger partial charge in [0.2, 0.25) is 0 Å². The first-order valence-corrected chi connectivity index (χ1v) is 7.47. The number of carbonyl (C=O) groups is 1. The van der Waals surface area contributed by atoms with Crippen LogP contribution < -0.4 is 0 Å². The number of rotatable bonds is 4. The van der Waals surface area contributed by atoms with Gasteiger partial charge in [-0.15, -0.1) is 0 Å². The van der Waals surface area contributed by atoms with E-state index in [0.717, 1.165) is 11.0 Å². The number of halogens is 3. The van der Waals surface area contributed by atoms with Crippen molar-refractivity contribution in [2.24, 2.45) is 0 Å². The van der Waals surface area contributed by atoms with Crippen molar-refractivity contribution in [2.75, 3.05) is 13.2 Å². The number of alkyl halides is 3. The zero-order valence-corrected chi connectivity index (χ0v) is 14.6. The highest BCUT2D eigenvalue weighted by molar-refractivity contribution is 5.70. The second kappa shape index (κ2) is 7.04.